The van der Waals surface area contributed by atoms with Crippen molar-refractivity contribution >= 4 is 28.5 Å². The number of anilines is 1. The van der Waals surface area contributed by atoms with E-state index in [-0.39, 0.29) is 11.3 Å². The van der Waals surface area contributed by atoms with Crippen LogP contribution in [0.15, 0.2) is 12.1 Å². The Balaban J connectivity index is 2.44. The van der Waals surface area contributed by atoms with Crippen LogP contribution in [0.5, 0.6) is 0 Å². The van der Waals surface area contributed by atoms with Crippen LogP contribution in [0.1, 0.15) is 26.4 Å². The van der Waals surface area contributed by atoms with Crippen molar-refractivity contribution in [2.75, 3.05) is 11.9 Å². The fraction of sp³-hybridized carbons (Fsp3) is 0.167. The van der Waals surface area contributed by atoms with E-state index >= 15 is 0 Å². The molecule has 6 nitrogen and oxygen atoms in total. The smallest absolute Gasteiger partial charge is 0.353 e. The monoisotopic (exact) mass is 246 g/mol. The Morgan fingerprint density at radius 2 is 1.94 bits per heavy atom. The molecule has 18 heavy (non-hydrogen) atoms. The third-order valence-electron chi connectivity index (χ3n) is 3.19. The lowest BCUT2D eigenvalue weighted by atomic mass is 10.0. The largest absolute Gasteiger partial charge is 0.478 e. The molecule has 0 saturated heterocycles. The molecule has 0 amide bonds. The highest BCUT2D eigenvalue weighted by Gasteiger charge is 2.26. The number of aromatic nitrogens is 1. The normalized spacial score (nSPS) is 13.3. The van der Waals surface area contributed by atoms with Crippen molar-refractivity contribution in [3.8, 4) is 0 Å². The van der Waals surface area contributed by atoms with E-state index in [9.17, 15) is 14.7 Å². The Labute approximate surface area is 101 Å². The summed E-state index contributed by atoms with van der Waals surface area (Å²) in [5.41, 5.74) is 1.87. The third-order valence-corrected chi connectivity index (χ3v) is 3.19. The minimum atomic E-state index is -1.26. The van der Waals surface area contributed by atoms with Gasteiger partial charge in [0.2, 0.25) is 0 Å². The summed E-state index contributed by atoms with van der Waals surface area (Å²) in [6.45, 7) is 0.737. The van der Waals surface area contributed by atoms with Crippen molar-refractivity contribution in [2.45, 2.75) is 6.42 Å². The van der Waals surface area contributed by atoms with E-state index in [1.807, 2.05) is 6.07 Å². The van der Waals surface area contributed by atoms with Crippen molar-refractivity contribution in [3.63, 3.8) is 0 Å². The number of carbonyl (C=O) groups is 2. The van der Waals surface area contributed by atoms with Crippen molar-refractivity contribution in [1.82, 2.24) is 4.98 Å². The molecule has 4 N–H and O–H groups in total. The van der Waals surface area contributed by atoms with Crippen LogP contribution in [-0.2, 0) is 6.42 Å². The zero-order chi connectivity index (χ0) is 12.9. The molecule has 0 aliphatic carbocycles. The van der Waals surface area contributed by atoms with Gasteiger partial charge in [-0.15, -0.1) is 0 Å². The van der Waals surface area contributed by atoms with Gasteiger partial charge in [0.25, 0.3) is 0 Å². The predicted molar refractivity (Wildman–Crippen MR) is 64.4 cm³/mol. The summed E-state index contributed by atoms with van der Waals surface area (Å²) in [6, 6.07) is 3.53. The number of fused-ring (bicyclic) bond motifs is 3. The van der Waals surface area contributed by atoms with Crippen LogP contribution in [-0.4, -0.2) is 33.7 Å². The Morgan fingerprint density at radius 1 is 1.17 bits per heavy atom. The van der Waals surface area contributed by atoms with Crippen LogP contribution in [0.4, 0.5) is 5.69 Å². The molecule has 1 aromatic carbocycles. The fourth-order valence-corrected chi connectivity index (χ4v) is 2.48. The molecule has 0 spiro atoms. The van der Waals surface area contributed by atoms with Gasteiger partial charge < -0.3 is 20.5 Å². The zero-order valence-corrected chi connectivity index (χ0v) is 9.28. The summed E-state index contributed by atoms with van der Waals surface area (Å²) in [5.74, 6) is -2.48. The van der Waals surface area contributed by atoms with E-state index in [1.165, 1.54) is 0 Å². The van der Waals surface area contributed by atoms with Gasteiger partial charge in [-0.25, -0.2) is 9.59 Å². The maximum atomic E-state index is 11.3. The zero-order valence-electron chi connectivity index (χ0n) is 9.28. The highest BCUT2D eigenvalue weighted by atomic mass is 16.4. The molecule has 0 radical (unpaired) electrons. The summed E-state index contributed by atoms with van der Waals surface area (Å²) < 4.78 is 0. The number of rotatable bonds is 2. The standard InChI is InChI=1S/C12H10N2O4/c15-11(16)9-8-5-3-4-13-6(5)1-2-7(8)14-10(9)12(17)18/h1-2,13-14H,3-4H2,(H,15,16)(H,17,18). The third kappa shape index (κ3) is 1.29. The minimum Gasteiger partial charge on any atom is -0.478 e. The second-order valence-electron chi connectivity index (χ2n) is 4.18. The molecule has 1 aliphatic heterocycles. The van der Waals surface area contributed by atoms with Crippen LogP contribution < -0.4 is 5.32 Å². The first kappa shape index (κ1) is 10.6. The Bertz CT molecular complexity index is 687. The number of carboxylic acids is 2. The van der Waals surface area contributed by atoms with Crippen molar-refractivity contribution in [2.24, 2.45) is 0 Å². The Hall–Kier alpha value is -2.50. The summed E-state index contributed by atoms with van der Waals surface area (Å²) in [7, 11) is 0. The predicted octanol–water partition coefficient (Wildman–Crippen LogP) is 1.53. The van der Waals surface area contributed by atoms with Crippen molar-refractivity contribution in [1.29, 1.82) is 0 Å². The van der Waals surface area contributed by atoms with E-state index in [0.29, 0.717) is 17.3 Å². The van der Waals surface area contributed by atoms with Crippen LogP contribution in [0, 0.1) is 0 Å². The van der Waals surface area contributed by atoms with Gasteiger partial charge in [-0.3, -0.25) is 0 Å². The van der Waals surface area contributed by atoms with E-state index < -0.39 is 11.9 Å². The van der Waals surface area contributed by atoms with E-state index in [1.54, 1.807) is 6.07 Å². The summed E-state index contributed by atoms with van der Waals surface area (Å²) >= 11 is 0. The quantitative estimate of drug-likeness (QED) is 0.643. The summed E-state index contributed by atoms with van der Waals surface area (Å²) in [5, 5.41) is 21.9. The number of aromatic carboxylic acids is 2. The number of aromatic amines is 1. The second kappa shape index (κ2) is 3.49. The molecule has 6 heteroatoms. The Morgan fingerprint density at radius 3 is 2.61 bits per heavy atom. The van der Waals surface area contributed by atoms with Crippen molar-refractivity contribution in [3.05, 3.63) is 29.0 Å². The van der Waals surface area contributed by atoms with E-state index in [0.717, 1.165) is 17.8 Å². The maximum Gasteiger partial charge on any atom is 0.353 e. The number of nitrogens with one attached hydrogen (secondary N) is 2. The molecule has 0 fully saturated rings. The van der Waals surface area contributed by atoms with Gasteiger partial charge >= 0.3 is 11.9 Å². The molecule has 0 atom stereocenters. The fourth-order valence-electron chi connectivity index (χ4n) is 2.48. The lowest BCUT2D eigenvalue weighted by Gasteiger charge is -2.02. The Kier molecular flexibility index (Phi) is 2.07. The van der Waals surface area contributed by atoms with Gasteiger partial charge in [0.1, 0.15) is 11.3 Å². The minimum absolute atomic E-state index is 0.155. The van der Waals surface area contributed by atoms with Crippen LogP contribution >= 0.6 is 0 Å². The van der Waals surface area contributed by atoms with Crippen LogP contribution in [0.25, 0.3) is 10.9 Å². The van der Waals surface area contributed by atoms with Gasteiger partial charge in [-0.2, -0.15) is 0 Å². The molecular weight excluding hydrogens is 236 g/mol. The average molecular weight is 246 g/mol. The lowest BCUT2D eigenvalue weighted by Crippen LogP contribution is -2.06. The summed E-state index contributed by atoms with van der Waals surface area (Å²) in [4.78, 5) is 25.0. The summed E-state index contributed by atoms with van der Waals surface area (Å²) in [6.07, 6.45) is 0.698. The SMILES string of the molecule is O=C(O)c1[nH]c2ccc3c(c2c1C(=O)O)CCN3. The molecule has 1 aliphatic rings. The number of hydrogen-bond donors (Lipinski definition) is 4. The first-order chi connectivity index (χ1) is 8.59. The highest BCUT2D eigenvalue weighted by molar-refractivity contribution is 6.13. The van der Waals surface area contributed by atoms with Gasteiger partial charge in [0.05, 0.1) is 0 Å². The van der Waals surface area contributed by atoms with Gasteiger partial charge in [-0.05, 0) is 24.1 Å². The molecule has 0 unspecified atom stereocenters. The van der Waals surface area contributed by atoms with Gasteiger partial charge in [-0.1, -0.05) is 0 Å². The lowest BCUT2D eigenvalue weighted by molar-refractivity contribution is 0.0650. The molecule has 2 heterocycles. The number of benzene rings is 1. The maximum absolute atomic E-state index is 11.3. The molecule has 2 aromatic rings. The van der Waals surface area contributed by atoms with E-state index in [4.69, 9.17) is 5.11 Å². The van der Waals surface area contributed by atoms with Gasteiger partial charge in [0.15, 0.2) is 0 Å². The molecule has 0 bridgehead atoms. The molecule has 1 aromatic heterocycles. The van der Waals surface area contributed by atoms with Crippen molar-refractivity contribution < 1.29 is 19.8 Å². The first-order valence-corrected chi connectivity index (χ1v) is 5.47. The molecule has 0 saturated carbocycles. The number of H-pyrrole nitrogens is 1. The first-order valence-electron chi connectivity index (χ1n) is 5.47. The van der Waals surface area contributed by atoms with E-state index in [2.05, 4.69) is 10.3 Å². The van der Waals surface area contributed by atoms with Crippen LogP contribution in [0.3, 0.4) is 0 Å². The molecule has 3 rings (SSSR count). The highest BCUT2D eigenvalue weighted by Crippen LogP contribution is 2.34. The topological polar surface area (TPSA) is 102 Å². The number of hydrogen-bond acceptors (Lipinski definition) is 3. The molecular formula is C12H10N2O4. The van der Waals surface area contributed by atoms with Gasteiger partial charge in [0, 0.05) is 23.1 Å². The second-order valence-corrected chi connectivity index (χ2v) is 4.18. The molecule has 92 valence electrons. The number of carboxylic acid groups (broad SMARTS) is 2. The average Bonchev–Trinajstić information content (AvgIpc) is 2.91. The van der Waals surface area contributed by atoms with Crippen LogP contribution in [0.2, 0.25) is 0 Å².